The molecule has 0 radical (unpaired) electrons. The summed E-state index contributed by atoms with van der Waals surface area (Å²) < 4.78 is 11.2. The summed E-state index contributed by atoms with van der Waals surface area (Å²) in [6.07, 6.45) is 0. The van der Waals surface area contributed by atoms with Crippen LogP contribution in [0.5, 0.6) is 0 Å². The number of ether oxygens (including phenoxy) is 1. The maximum absolute atomic E-state index is 12.4. The Labute approximate surface area is 166 Å². The van der Waals surface area contributed by atoms with Crippen LogP contribution >= 0.6 is 22.9 Å². The van der Waals surface area contributed by atoms with Gasteiger partial charge in [-0.25, -0.2) is 4.79 Å². The minimum Gasteiger partial charge on any atom is -0.462 e. The summed E-state index contributed by atoms with van der Waals surface area (Å²) in [5.74, 6) is -1.19. The Morgan fingerprint density at radius 3 is 2.56 bits per heavy atom. The number of carbonyl (C=O) groups excluding carboxylic acids is 3. The summed E-state index contributed by atoms with van der Waals surface area (Å²) in [4.78, 5) is 38.5. The van der Waals surface area contributed by atoms with Gasteiger partial charge in [-0.15, -0.1) is 11.3 Å². The number of ketones is 1. The average molecular weight is 414 g/mol. The molecular weight excluding hydrogens is 392 g/mol. The van der Waals surface area contributed by atoms with E-state index < -0.39 is 5.97 Å². The molecule has 2 heterocycles. The molecular formula is C18H22ClN2O5S+. The molecule has 0 saturated carbocycles. The fourth-order valence-electron chi connectivity index (χ4n) is 2.71. The molecule has 1 unspecified atom stereocenters. The first-order valence-corrected chi connectivity index (χ1v) is 9.59. The molecule has 0 bridgehead atoms. The van der Waals surface area contributed by atoms with E-state index in [0.29, 0.717) is 10.9 Å². The van der Waals surface area contributed by atoms with Gasteiger partial charge >= 0.3 is 5.97 Å². The molecule has 0 aliphatic heterocycles. The monoisotopic (exact) mass is 413 g/mol. The number of furan rings is 1. The van der Waals surface area contributed by atoms with Crippen molar-refractivity contribution in [3.8, 4) is 0 Å². The van der Waals surface area contributed by atoms with E-state index in [2.05, 4.69) is 5.32 Å². The van der Waals surface area contributed by atoms with Crippen molar-refractivity contribution in [2.75, 3.05) is 25.5 Å². The maximum atomic E-state index is 12.4. The lowest BCUT2D eigenvalue weighted by molar-refractivity contribution is -0.884. The molecule has 0 fully saturated rings. The van der Waals surface area contributed by atoms with Crippen LogP contribution < -0.4 is 10.2 Å². The molecule has 0 aromatic carbocycles. The van der Waals surface area contributed by atoms with Gasteiger partial charge in [0.2, 0.25) is 5.88 Å². The summed E-state index contributed by atoms with van der Waals surface area (Å²) in [5.41, 5.74) is 0.0792. The Balaban J connectivity index is 2.13. The number of nitrogens with one attached hydrogen (secondary N) is 2. The summed E-state index contributed by atoms with van der Waals surface area (Å²) >= 11 is 7.38. The highest BCUT2D eigenvalue weighted by Crippen LogP contribution is 2.28. The third-order valence-electron chi connectivity index (χ3n) is 3.74. The van der Waals surface area contributed by atoms with Crippen molar-refractivity contribution in [3.05, 3.63) is 38.2 Å². The number of hydrogen-bond donors (Lipinski definition) is 2. The molecule has 2 N–H and O–H groups in total. The molecule has 2 aromatic heterocycles. The summed E-state index contributed by atoms with van der Waals surface area (Å²) in [6.45, 7) is 5.47. The number of aryl methyl sites for hydroxylation is 1. The van der Waals surface area contributed by atoms with Crippen LogP contribution in [0.3, 0.4) is 0 Å². The van der Waals surface area contributed by atoms with Crippen LogP contribution in [0.15, 0.2) is 16.5 Å². The summed E-state index contributed by atoms with van der Waals surface area (Å²) in [7, 11) is 1.87. The van der Waals surface area contributed by atoms with Gasteiger partial charge in [-0.2, -0.15) is 0 Å². The van der Waals surface area contributed by atoms with Gasteiger partial charge in [0.05, 0.1) is 28.4 Å². The van der Waals surface area contributed by atoms with Gasteiger partial charge in [-0.1, -0.05) is 11.6 Å². The number of esters is 1. The molecule has 2 aromatic rings. The predicted octanol–water partition coefficient (Wildman–Crippen LogP) is 2.34. The number of hydrogen-bond acceptors (Lipinski definition) is 6. The lowest BCUT2D eigenvalue weighted by Crippen LogP contribution is -3.08. The summed E-state index contributed by atoms with van der Waals surface area (Å²) in [6, 6.07) is 3.73. The smallest absolute Gasteiger partial charge is 0.344 e. The van der Waals surface area contributed by atoms with Gasteiger partial charge in [-0.3, -0.25) is 14.9 Å². The lowest BCUT2D eigenvalue weighted by Gasteiger charge is -2.12. The van der Waals surface area contributed by atoms with E-state index in [0.717, 1.165) is 9.78 Å². The first-order chi connectivity index (χ1) is 12.7. The van der Waals surface area contributed by atoms with Crippen molar-refractivity contribution in [1.82, 2.24) is 0 Å². The standard InChI is InChI=1S/C18H21ClN2O5S/c1-5-25-18(24)16-15(10(2)22)11(3)26-17(16)20-14(23)9-21(4)8-12-6-7-13(19)27-12/h6-7H,5,8-9H2,1-4H3,(H,20,23)/p+1. The number of halogens is 1. The number of rotatable bonds is 8. The highest BCUT2D eigenvalue weighted by molar-refractivity contribution is 7.16. The zero-order valence-corrected chi connectivity index (χ0v) is 17.2. The molecule has 0 spiro atoms. The molecule has 2 rings (SSSR count). The van der Waals surface area contributed by atoms with Crippen LogP contribution in [-0.2, 0) is 16.1 Å². The highest BCUT2D eigenvalue weighted by Gasteiger charge is 2.29. The molecule has 1 atom stereocenters. The van der Waals surface area contributed by atoms with Crippen molar-refractivity contribution in [2.45, 2.75) is 27.3 Å². The predicted molar refractivity (Wildman–Crippen MR) is 103 cm³/mol. The molecule has 0 saturated heterocycles. The van der Waals surface area contributed by atoms with Gasteiger partial charge in [0.15, 0.2) is 12.3 Å². The molecule has 0 aliphatic carbocycles. The van der Waals surface area contributed by atoms with Crippen LogP contribution in [0.25, 0.3) is 0 Å². The number of Topliss-reactive ketones (excluding diaryl/α,β-unsaturated/α-hetero) is 1. The zero-order valence-electron chi connectivity index (χ0n) is 15.6. The Morgan fingerprint density at radius 2 is 2.00 bits per heavy atom. The third kappa shape index (κ3) is 5.41. The van der Waals surface area contributed by atoms with Crippen LogP contribution in [0.1, 0.15) is 45.2 Å². The lowest BCUT2D eigenvalue weighted by atomic mass is 10.1. The van der Waals surface area contributed by atoms with Gasteiger partial charge in [0.1, 0.15) is 17.9 Å². The number of quaternary nitrogens is 1. The normalized spacial score (nSPS) is 11.9. The molecule has 7 nitrogen and oxygen atoms in total. The topological polar surface area (TPSA) is 90.0 Å². The largest absolute Gasteiger partial charge is 0.462 e. The minimum atomic E-state index is -0.705. The van der Waals surface area contributed by atoms with Gasteiger partial charge in [0, 0.05) is 0 Å². The van der Waals surface area contributed by atoms with Crippen LogP contribution in [0.2, 0.25) is 4.34 Å². The molecule has 1 amide bonds. The maximum Gasteiger partial charge on any atom is 0.344 e. The van der Waals surface area contributed by atoms with Crippen LogP contribution in [0, 0.1) is 6.92 Å². The SMILES string of the molecule is CCOC(=O)c1c(NC(=O)C[NH+](C)Cc2ccc(Cl)s2)oc(C)c1C(C)=O. The minimum absolute atomic E-state index is 0.0436. The second-order valence-electron chi connectivity index (χ2n) is 6.08. The average Bonchev–Trinajstić information content (AvgIpc) is 3.10. The Hall–Kier alpha value is -2.16. The van der Waals surface area contributed by atoms with E-state index in [1.165, 1.54) is 18.3 Å². The van der Waals surface area contributed by atoms with Crippen LogP contribution in [0.4, 0.5) is 5.88 Å². The Kier molecular flexibility index (Phi) is 7.18. The fourth-order valence-corrected chi connectivity index (χ4v) is 3.91. The van der Waals surface area contributed by atoms with Gasteiger partial charge in [-0.05, 0) is 32.9 Å². The van der Waals surface area contributed by atoms with Gasteiger partial charge < -0.3 is 14.1 Å². The van der Waals surface area contributed by atoms with Crippen molar-refractivity contribution in [2.24, 2.45) is 0 Å². The Bertz CT molecular complexity index is 858. The number of anilines is 1. The van der Waals surface area contributed by atoms with E-state index in [9.17, 15) is 14.4 Å². The third-order valence-corrected chi connectivity index (χ3v) is 4.97. The first kappa shape index (κ1) is 21.1. The van der Waals surface area contributed by atoms with E-state index in [4.69, 9.17) is 20.8 Å². The second-order valence-corrected chi connectivity index (χ2v) is 7.88. The zero-order chi connectivity index (χ0) is 20.1. The van der Waals surface area contributed by atoms with E-state index in [1.54, 1.807) is 13.8 Å². The fraction of sp³-hybridized carbons (Fsp3) is 0.389. The van der Waals surface area contributed by atoms with Gasteiger partial charge in [0.25, 0.3) is 5.91 Å². The van der Waals surface area contributed by atoms with Crippen LogP contribution in [-0.4, -0.2) is 37.9 Å². The van der Waals surface area contributed by atoms with Crippen molar-refractivity contribution < 1.29 is 28.4 Å². The number of likely N-dealkylation sites (N-methyl/N-ethyl adjacent to an activating group) is 1. The van der Waals surface area contributed by atoms with E-state index >= 15 is 0 Å². The van der Waals surface area contributed by atoms with Crippen molar-refractivity contribution in [3.63, 3.8) is 0 Å². The van der Waals surface area contributed by atoms with Crippen molar-refractivity contribution >= 4 is 46.5 Å². The molecule has 9 heteroatoms. The molecule has 0 aliphatic rings. The van der Waals surface area contributed by atoms with Crippen molar-refractivity contribution in [1.29, 1.82) is 0 Å². The second kappa shape index (κ2) is 9.16. The number of carbonyl (C=O) groups is 3. The highest BCUT2D eigenvalue weighted by atomic mass is 35.5. The number of amides is 1. The Morgan fingerprint density at radius 1 is 1.30 bits per heavy atom. The van der Waals surface area contributed by atoms with E-state index in [-0.39, 0.29) is 47.6 Å². The first-order valence-electron chi connectivity index (χ1n) is 8.39. The quantitative estimate of drug-likeness (QED) is 0.512. The summed E-state index contributed by atoms with van der Waals surface area (Å²) in [5, 5.41) is 2.59. The van der Waals surface area contributed by atoms with E-state index in [1.807, 2.05) is 19.2 Å². The number of thiophene rings is 1. The molecule has 146 valence electrons. The molecule has 27 heavy (non-hydrogen) atoms.